The molecule has 0 aromatic heterocycles. The van der Waals surface area contributed by atoms with Gasteiger partial charge in [-0.25, -0.2) is 0 Å². The van der Waals surface area contributed by atoms with E-state index in [1.807, 2.05) is 0 Å². The van der Waals surface area contributed by atoms with Crippen LogP contribution in [0.15, 0.2) is 12.2 Å². The maximum absolute atomic E-state index is 12.2. The maximum Gasteiger partial charge on any atom is 0.220 e. The number of rotatable bonds is 48. The molecule has 2 atom stereocenters. The molecule has 1 amide bonds. The Kier molecular flexibility index (Phi) is 47.7. The number of allylic oxidation sites excluding steroid dienone is 2. The molecule has 0 aliphatic carbocycles. The van der Waals surface area contributed by atoms with E-state index < -0.39 is 12.1 Å². The van der Waals surface area contributed by atoms with Gasteiger partial charge in [0, 0.05) is 6.42 Å². The zero-order chi connectivity index (χ0) is 40.7. The lowest BCUT2D eigenvalue weighted by Gasteiger charge is -2.22. The van der Waals surface area contributed by atoms with Gasteiger partial charge >= 0.3 is 0 Å². The van der Waals surface area contributed by atoms with Gasteiger partial charge in [-0.2, -0.15) is 0 Å². The number of carbonyl (C=O) groups excluding carboxylic acids is 1. The highest BCUT2D eigenvalue weighted by molar-refractivity contribution is 5.76. The summed E-state index contributed by atoms with van der Waals surface area (Å²) in [6.07, 6.45) is 62.9. The number of carbonyl (C=O) groups is 1. The Balaban J connectivity index is 3.22. The summed E-state index contributed by atoms with van der Waals surface area (Å²) in [6, 6.07) is -0.527. The minimum Gasteiger partial charge on any atom is -0.394 e. The first-order chi connectivity index (χ1) is 27.7. The van der Waals surface area contributed by atoms with Crippen LogP contribution < -0.4 is 5.32 Å². The van der Waals surface area contributed by atoms with Gasteiger partial charge in [-0.05, 0) is 38.5 Å². The monoisotopic (exact) mass is 790 g/mol. The van der Waals surface area contributed by atoms with Crippen LogP contribution in [0.5, 0.6) is 0 Å². The van der Waals surface area contributed by atoms with E-state index in [0.29, 0.717) is 12.8 Å². The van der Waals surface area contributed by atoms with Gasteiger partial charge in [0.05, 0.1) is 18.8 Å². The van der Waals surface area contributed by atoms with Crippen LogP contribution in [0.2, 0.25) is 0 Å². The molecule has 0 aliphatic heterocycles. The Morgan fingerprint density at radius 1 is 0.411 bits per heavy atom. The predicted octanol–water partition coefficient (Wildman–Crippen LogP) is 16.6. The van der Waals surface area contributed by atoms with Crippen molar-refractivity contribution in [1.82, 2.24) is 5.32 Å². The minimum absolute atomic E-state index is 0.0376. The molecule has 0 rings (SSSR count). The zero-order valence-corrected chi connectivity index (χ0v) is 38.4. The van der Waals surface area contributed by atoms with Gasteiger partial charge in [0.1, 0.15) is 0 Å². The van der Waals surface area contributed by atoms with Crippen molar-refractivity contribution in [2.24, 2.45) is 0 Å². The molecule has 4 heteroatoms. The summed E-state index contributed by atoms with van der Waals surface area (Å²) >= 11 is 0. The van der Waals surface area contributed by atoms with Gasteiger partial charge < -0.3 is 15.5 Å². The van der Waals surface area contributed by atoms with Crippen molar-refractivity contribution < 1.29 is 15.0 Å². The Bertz CT molecular complexity index is 769. The number of aliphatic hydroxyl groups excluding tert-OH is 2. The van der Waals surface area contributed by atoms with Gasteiger partial charge in [-0.3, -0.25) is 4.79 Å². The Labute approximate surface area is 352 Å². The van der Waals surface area contributed by atoms with Crippen LogP contribution in [0, 0.1) is 0 Å². The highest BCUT2D eigenvalue weighted by atomic mass is 16.3. The molecule has 0 heterocycles. The summed E-state index contributed by atoms with van der Waals surface area (Å²) in [5.74, 6) is -0.0376. The molecule has 0 fully saturated rings. The summed E-state index contributed by atoms with van der Waals surface area (Å²) in [4.78, 5) is 12.2. The molecule has 0 bridgehead atoms. The molecule has 0 radical (unpaired) electrons. The second-order valence-electron chi connectivity index (χ2n) is 17.9. The number of unbranched alkanes of at least 4 members (excludes halogenated alkanes) is 39. The average Bonchev–Trinajstić information content (AvgIpc) is 3.20. The Morgan fingerprint density at radius 3 is 0.982 bits per heavy atom. The fourth-order valence-electron chi connectivity index (χ4n) is 8.30. The maximum atomic E-state index is 12.2. The number of hydrogen-bond acceptors (Lipinski definition) is 3. The van der Waals surface area contributed by atoms with Crippen molar-refractivity contribution in [3.8, 4) is 0 Å². The van der Waals surface area contributed by atoms with Crippen molar-refractivity contribution in [1.29, 1.82) is 0 Å². The predicted molar refractivity (Wildman–Crippen MR) is 249 cm³/mol. The number of aliphatic hydroxyl groups is 2. The van der Waals surface area contributed by atoms with Crippen molar-refractivity contribution in [3.63, 3.8) is 0 Å². The molecule has 0 saturated heterocycles. The van der Waals surface area contributed by atoms with Gasteiger partial charge in [-0.1, -0.05) is 264 Å². The normalized spacial score (nSPS) is 12.9. The van der Waals surface area contributed by atoms with Crippen LogP contribution in [0.4, 0.5) is 0 Å². The van der Waals surface area contributed by atoms with Crippen LogP contribution >= 0.6 is 0 Å². The molecule has 0 saturated carbocycles. The third-order valence-electron chi connectivity index (χ3n) is 12.3. The fourth-order valence-corrected chi connectivity index (χ4v) is 8.30. The zero-order valence-electron chi connectivity index (χ0n) is 38.4. The number of hydrogen-bond donors (Lipinski definition) is 3. The quantitative estimate of drug-likeness (QED) is 0.0425. The molecule has 0 spiro atoms. The lowest BCUT2D eigenvalue weighted by atomic mass is 10.0. The van der Waals surface area contributed by atoms with Crippen LogP contribution in [0.1, 0.15) is 296 Å². The minimum atomic E-state index is -0.651. The van der Waals surface area contributed by atoms with E-state index in [1.54, 1.807) is 0 Å². The SMILES string of the molecule is CCCCCCCCCC/C=C\CCCCCCCCCCCCCCCCCCCCCCCCCCCCCCCC(=O)NC(CO)C(O)CCCCC. The molecule has 334 valence electrons. The standard InChI is InChI=1S/C52H103NO3/c1-3-5-7-8-9-10-11-12-13-14-15-16-17-18-19-20-21-22-23-24-25-26-27-28-29-30-31-32-33-34-35-36-37-38-39-40-41-42-43-44-46-48-52(56)53-50(49-54)51(55)47-45-6-4-2/h14-15,50-51,54-55H,3-13,16-49H2,1-2H3,(H,53,56)/b15-14-. The molecule has 3 N–H and O–H groups in total. The van der Waals surface area contributed by atoms with Crippen LogP contribution in [0.3, 0.4) is 0 Å². The highest BCUT2D eigenvalue weighted by Gasteiger charge is 2.19. The van der Waals surface area contributed by atoms with Crippen molar-refractivity contribution in [2.75, 3.05) is 6.61 Å². The second kappa shape index (κ2) is 48.5. The van der Waals surface area contributed by atoms with Gasteiger partial charge in [0.15, 0.2) is 0 Å². The smallest absolute Gasteiger partial charge is 0.220 e. The highest BCUT2D eigenvalue weighted by Crippen LogP contribution is 2.17. The van der Waals surface area contributed by atoms with Crippen molar-refractivity contribution in [3.05, 3.63) is 12.2 Å². The molecule has 4 nitrogen and oxygen atoms in total. The van der Waals surface area contributed by atoms with E-state index in [4.69, 9.17) is 0 Å². The van der Waals surface area contributed by atoms with Crippen molar-refractivity contribution >= 4 is 5.91 Å². The van der Waals surface area contributed by atoms with Crippen LogP contribution in [0.25, 0.3) is 0 Å². The molecular formula is C52H103NO3. The first-order valence-electron chi connectivity index (χ1n) is 25.9. The third kappa shape index (κ3) is 44.2. The third-order valence-corrected chi connectivity index (χ3v) is 12.3. The van der Waals surface area contributed by atoms with E-state index in [1.165, 1.54) is 238 Å². The summed E-state index contributed by atoms with van der Waals surface area (Å²) < 4.78 is 0. The van der Waals surface area contributed by atoms with E-state index in [9.17, 15) is 15.0 Å². The molecule has 0 aliphatic rings. The second-order valence-corrected chi connectivity index (χ2v) is 17.9. The van der Waals surface area contributed by atoms with E-state index in [2.05, 4.69) is 31.3 Å². The van der Waals surface area contributed by atoms with Crippen LogP contribution in [-0.2, 0) is 4.79 Å². The molecule has 0 aromatic rings. The molecule has 2 unspecified atom stereocenters. The van der Waals surface area contributed by atoms with E-state index in [0.717, 1.165) is 32.1 Å². The number of amides is 1. The van der Waals surface area contributed by atoms with Crippen molar-refractivity contribution in [2.45, 2.75) is 309 Å². The van der Waals surface area contributed by atoms with E-state index in [-0.39, 0.29) is 12.5 Å². The van der Waals surface area contributed by atoms with Crippen LogP contribution in [-0.4, -0.2) is 34.9 Å². The lowest BCUT2D eigenvalue weighted by molar-refractivity contribution is -0.123. The first kappa shape index (κ1) is 55.1. The number of nitrogens with one attached hydrogen (secondary N) is 1. The lowest BCUT2D eigenvalue weighted by Crippen LogP contribution is -2.45. The molecule has 0 aromatic carbocycles. The summed E-state index contributed by atoms with van der Waals surface area (Å²) in [5.41, 5.74) is 0. The summed E-state index contributed by atoms with van der Waals surface area (Å²) in [6.45, 7) is 4.23. The Hall–Kier alpha value is -0.870. The average molecular weight is 790 g/mol. The van der Waals surface area contributed by atoms with E-state index >= 15 is 0 Å². The fraction of sp³-hybridized carbons (Fsp3) is 0.942. The van der Waals surface area contributed by atoms with Gasteiger partial charge in [0.2, 0.25) is 5.91 Å². The first-order valence-corrected chi connectivity index (χ1v) is 25.9. The largest absolute Gasteiger partial charge is 0.394 e. The summed E-state index contributed by atoms with van der Waals surface area (Å²) in [7, 11) is 0. The molecular weight excluding hydrogens is 687 g/mol. The van der Waals surface area contributed by atoms with Gasteiger partial charge in [-0.15, -0.1) is 0 Å². The topological polar surface area (TPSA) is 69.6 Å². The van der Waals surface area contributed by atoms with Gasteiger partial charge in [0.25, 0.3) is 0 Å². The molecule has 56 heavy (non-hydrogen) atoms. The Morgan fingerprint density at radius 2 is 0.679 bits per heavy atom. The summed E-state index contributed by atoms with van der Waals surface area (Å²) in [5, 5.41) is 22.6.